The number of halogens is 3. The minimum Gasteiger partial charge on any atom is -0.395 e. The second-order valence-corrected chi connectivity index (χ2v) is 4.16. The van der Waals surface area contributed by atoms with E-state index in [0.29, 0.717) is 11.1 Å². The molecule has 0 saturated heterocycles. The number of nitrogens with zero attached hydrogens (tertiary/aromatic N) is 1. The standard InChI is InChI=1S/C14H17F3N2O/c15-13-4-3-12(11(8-13)2-1-5-18)9-19(6-7-20)10-14(16)17/h3-4,8,14,20H,5-7,9-10,18H2. The van der Waals surface area contributed by atoms with Crippen LogP contribution in [-0.2, 0) is 6.54 Å². The van der Waals surface area contributed by atoms with Crippen LogP contribution in [0.5, 0.6) is 0 Å². The number of aliphatic hydroxyl groups excluding tert-OH is 1. The molecule has 0 amide bonds. The minimum atomic E-state index is -2.50. The van der Waals surface area contributed by atoms with Crippen molar-refractivity contribution >= 4 is 0 Å². The van der Waals surface area contributed by atoms with Crippen molar-refractivity contribution in [1.82, 2.24) is 4.90 Å². The molecule has 1 aromatic carbocycles. The smallest absolute Gasteiger partial charge is 0.251 e. The van der Waals surface area contributed by atoms with E-state index in [0.717, 1.165) is 0 Å². The summed E-state index contributed by atoms with van der Waals surface area (Å²) in [4.78, 5) is 1.39. The summed E-state index contributed by atoms with van der Waals surface area (Å²) in [6.07, 6.45) is -2.50. The first-order valence-electron chi connectivity index (χ1n) is 6.15. The van der Waals surface area contributed by atoms with Crippen LogP contribution >= 0.6 is 0 Å². The molecule has 110 valence electrons. The average molecular weight is 286 g/mol. The molecule has 0 aromatic heterocycles. The van der Waals surface area contributed by atoms with Crippen LogP contribution in [0.4, 0.5) is 13.2 Å². The maximum absolute atomic E-state index is 13.2. The summed E-state index contributed by atoms with van der Waals surface area (Å²) >= 11 is 0. The number of aliphatic hydroxyl groups is 1. The van der Waals surface area contributed by atoms with Gasteiger partial charge >= 0.3 is 0 Å². The van der Waals surface area contributed by atoms with Crippen molar-refractivity contribution in [3.05, 3.63) is 35.1 Å². The van der Waals surface area contributed by atoms with Gasteiger partial charge in [-0.3, -0.25) is 4.90 Å². The lowest BCUT2D eigenvalue weighted by Crippen LogP contribution is -2.31. The van der Waals surface area contributed by atoms with Crippen LogP contribution in [0.3, 0.4) is 0 Å². The monoisotopic (exact) mass is 286 g/mol. The summed E-state index contributed by atoms with van der Waals surface area (Å²) in [6.45, 7) is -0.266. The summed E-state index contributed by atoms with van der Waals surface area (Å²) in [5.41, 5.74) is 6.32. The molecule has 0 heterocycles. The Hall–Kier alpha value is -1.55. The SMILES string of the molecule is NCC#Cc1cc(F)ccc1CN(CCO)CC(F)F. The van der Waals surface area contributed by atoms with Crippen molar-refractivity contribution < 1.29 is 18.3 Å². The van der Waals surface area contributed by atoms with Gasteiger partial charge in [0, 0.05) is 18.7 Å². The molecule has 0 spiro atoms. The molecule has 6 heteroatoms. The molecule has 20 heavy (non-hydrogen) atoms. The van der Waals surface area contributed by atoms with Crippen LogP contribution in [0.15, 0.2) is 18.2 Å². The highest BCUT2D eigenvalue weighted by molar-refractivity contribution is 5.41. The van der Waals surface area contributed by atoms with Crippen molar-refractivity contribution in [2.24, 2.45) is 5.73 Å². The van der Waals surface area contributed by atoms with Gasteiger partial charge in [-0.25, -0.2) is 13.2 Å². The van der Waals surface area contributed by atoms with Gasteiger partial charge in [-0.05, 0) is 17.7 Å². The van der Waals surface area contributed by atoms with Crippen molar-refractivity contribution in [3.63, 3.8) is 0 Å². The summed E-state index contributed by atoms with van der Waals surface area (Å²) in [6, 6.07) is 4.01. The van der Waals surface area contributed by atoms with Gasteiger partial charge in [0.1, 0.15) is 5.82 Å². The van der Waals surface area contributed by atoms with Crippen LogP contribution in [0.2, 0.25) is 0 Å². The molecule has 0 unspecified atom stereocenters. The van der Waals surface area contributed by atoms with Gasteiger partial charge in [-0.2, -0.15) is 0 Å². The highest BCUT2D eigenvalue weighted by atomic mass is 19.3. The lowest BCUT2D eigenvalue weighted by molar-refractivity contribution is 0.0746. The molecule has 0 aliphatic carbocycles. The molecule has 0 bridgehead atoms. The van der Waals surface area contributed by atoms with Crippen LogP contribution in [0.1, 0.15) is 11.1 Å². The summed E-state index contributed by atoms with van der Waals surface area (Å²) < 4.78 is 38.1. The summed E-state index contributed by atoms with van der Waals surface area (Å²) in [5, 5.41) is 8.89. The molecule has 3 nitrogen and oxygen atoms in total. The van der Waals surface area contributed by atoms with Crippen molar-refractivity contribution in [2.45, 2.75) is 13.0 Å². The Bertz CT molecular complexity index is 483. The molecule has 1 aromatic rings. The van der Waals surface area contributed by atoms with Gasteiger partial charge in [-0.15, -0.1) is 0 Å². The van der Waals surface area contributed by atoms with E-state index in [-0.39, 0.29) is 26.2 Å². The van der Waals surface area contributed by atoms with E-state index in [1.165, 1.54) is 23.1 Å². The van der Waals surface area contributed by atoms with Gasteiger partial charge in [0.05, 0.1) is 19.7 Å². The van der Waals surface area contributed by atoms with E-state index in [9.17, 15) is 13.2 Å². The largest absolute Gasteiger partial charge is 0.395 e. The second kappa shape index (κ2) is 8.59. The number of nitrogens with two attached hydrogens (primary N) is 1. The first kappa shape index (κ1) is 16.5. The van der Waals surface area contributed by atoms with Crippen molar-refractivity contribution in [1.29, 1.82) is 0 Å². The molecule has 0 fully saturated rings. The van der Waals surface area contributed by atoms with Crippen LogP contribution in [0.25, 0.3) is 0 Å². The third-order valence-electron chi connectivity index (χ3n) is 2.60. The second-order valence-electron chi connectivity index (χ2n) is 4.16. The number of hydrogen-bond acceptors (Lipinski definition) is 3. The third-order valence-corrected chi connectivity index (χ3v) is 2.60. The van der Waals surface area contributed by atoms with E-state index in [2.05, 4.69) is 11.8 Å². The van der Waals surface area contributed by atoms with Crippen molar-refractivity contribution in [3.8, 4) is 11.8 Å². The van der Waals surface area contributed by atoms with Gasteiger partial charge < -0.3 is 10.8 Å². The minimum absolute atomic E-state index is 0.117. The Kier molecular flexibility index (Phi) is 7.09. The van der Waals surface area contributed by atoms with Crippen LogP contribution in [-0.4, -0.2) is 42.7 Å². The third kappa shape index (κ3) is 5.61. The van der Waals surface area contributed by atoms with Gasteiger partial charge in [-0.1, -0.05) is 17.9 Å². The molecular weight excluding hydrogens is 269 g/mol. The lowest BCUT2D eigenvalue weighted by Gasteiger charge is -2.21. The normalized spacial score (nSPS) is 10.8. The quantitative estimate of drug-likeness (QED) is 0.773. The topological polar surface area (TPSA) is 49.5 Å². The Morgan fingerprint density at radius 2 is 2.10 bits per heavy atom. The highest BCUT2D eigenvalue weighted by Crippen LogP contribution is 2.14. The molecule has 0 aliphatic rings. The average Bonchev–Trinajstić information content (AvgIpc) is 2.38. The summed E-state index contributed by atoms with van der Waals surface area (Å²) in [5.74, 6) is 4.89. The predicted octanol–water partition coefficient (Wildman–Crippen LogP) is 1.20. The van der Waals surface area contributed by atoms with Crippen LogP contribution < -0.4 is 5.73 Å². The molecule has 3 N–H and O–H groups in total. The van der Waals surface area contributed by atoms with E-state index in [1.54, 1.807) is 0 Å². The molecule has 0 saturated carbocycles. The number of rotatable bonds is 6. The molecular formula is C14H17F3N2O. The maximum Gasteiger partial charge on any atom is 0.251 e. The van der Waals surface area contributed by atoms with E-state index >= 15 is 0 Å². The number of hydrogen-bond donors (Lipinski definition) is 2. The van der Waals surface area contributed by atoms with Crippen molar-refractivity contribution in [2.75, 3.05) is 26.2 Å². The maximum atomic E-state index is 13.2. The zero-order valence-electron chi connectivity index (χ0n) is 11.0. The fraction of sp³-hybridized carbons (Fsp3) is 0.429. The molecule has 0 atom stereocenters. The fourth-order valence-electron chi connectivity index (χ4n) is 1.76. The molecule has 0 aliphatic heterocycles. The fourth-order valence-corrected chi connectivity index (χ4v) is 1.76. The highest BCUT2D eigenvalue weighted by Gasteiger charge is 2.13. The first-order valence-corrected chi connectivity index (χ1v) is 6.15. The lowest BCUT2D eigenvalue weighted by atomic mass is 10.1. The van der Waals surface area contributed by atoms with Gasteiger partial charge in [0.25, 0.3) is 6.43 Å². The van der Waals surface area contributed by atoms with E-state index in [1.807, 2.05) is 0 Å². The molecule has 1 rings (SSSR count). The Morgan fingerprint density at radius 3 is 2.70 bits per heavy atom. The van der Waals surface area contributed by atoms with Gasteiger partial charge in [0.2, 0.25) is 0 Å². The van der Waals surface area contributed by atoms with Crippen LogP contribution in [0, 0.1) is 17.7 Å². The predicted molar refractivity (Wildman–Crippen MR) is 70.7 cm³/mol. The van der Waals surface area contributed by atoms with Gasteiger partial charge in [0.15, 0.2) is 0 Å². The Labute approximate surface area is 116 Å². The Balaban J connectivity index is 2.93. The zero-order valence-corrected chi connectivity index (χ0v) is 11.0. The zero-order chi connectivity index (χ0) is 15.0. The number of alkyl halides is 2. The van der Waals surface area contributed by atoms with E-state index < -0.39 is 18.8 Å². The first-order chi connectivity index (χ1) is 9.56. The summed E-state index contributed by atoms with van der Waals surface area (Å²) in [7, 11) is 0. The van der Waals surface area contributed by atoms with E-state index in [4.69, 9.17) is 10.8 Å². The molecule has 0 radical (unpaired) electrons. The number of benzene rings is 1. The Morgan fingerprint density at radius 1 is 1.35 bits per heavy atom.